The largest absolute Gasteiger partial charge is 0.490 e. The maximum absolute atomic E-state index is 13.1. The Morgan fingerprint density at radius 2 is 1.52 bits per heavy atom. The molecule has 0 amide bonds. The van der Waals surface area contributed by atoms with Crippen molar-refractivity contribution in [3.05, 3.63) is 83.1 Å². The van der Waals surface area contributed by atoms with Gasteiger partial charge in [-0.15, -0.1) is 0 Å². The number of sulfonamides is 1. The first-order valence-corrected chi connectivity index (χ1v) is 11.0. The first kappa shape index (κ1) is 21.1. The monoisotopic (exact) mass is 479 g/mol. The Morgan fingerprint density at radius 1 is 0.897 bits per heavy atom. The third kappa shape index (κ3) is 5.48. The van der Waals surface area contributed by atoms with Crippen molar-refractivity contribution >= 4 is 31.6 Å². The number of nitrogens with zero attached hydrogens (tertiary/aromatic N) is 1. The molecule has 5 nitrogen and oxygen atoms in total. The van der Waals surface area contributed by atoms with Gasteiger partial charge in [-0.1, -0.05) is 22.0 Å². The van der Waals surface area contributed by atoms with E-state index in [0.29, 0.717) is 24.7 Å². The molecule has 0 bridgehead atoms. The van der Waals surface area contributed by atoms with Gasteiger partial charge in [-0.2, -0.15) is 0 Å². The van der Waals surface area contributed by atoms with Crippen LogP contribution in [0, 0.1) is 5.82 Å². The van der Waals surface area contributed by atoms with Gasteiger partial charge in [0, 0.05) is 11.5 Å². The summed E-state index contributed by atoms with van der Waals surface area (Å²) in [7, 11) is -2.33. The molecule has 0 saturated heterocycles. The van der Waals surface area contributed by atoms with Crippen LogP contribution in [0.1, 0.15) is 0 Å². The fourth-order valence-corrected chi connectivity index (χ4v) is 4.11. The molecule has 0 spiro atoms. The number of hydrogen-bond donors (Lipinski definition) is 0. The second-order valence-electron chi connectivity index (χ2n) is 6.07. The minimum absolute atomic E-state index is 0.0198. The molecule has 29 heavy (non-hydrogen) atoms. The fourth-order valence-electron chi connectivity index (χ4n) is 2.53. The lowest BCUT2D eigenvalue weighted by Gasteiger charge is -2.20. The maximum atomic E-state index is 13.1. The van der Waals surface area contributed by atoms with Gasteiger partial charge in [0.15, 0.2) is 0 Å². The minimum Gasteiger partial charge on any atom is -0.490 e. The summed E-state index contributed by atoms with van der Waals surface area (Å²) in [5.41, 5.74) is 0.465. The number of rotatable bonds is 8. The lowest BCUT2D eigenvalue weighted by Crippen LogP contribution is -2.26. The van der Waals surface area contributed by atoms with E-state index in [-0.39, 0.29) is 4.90 Å². The van der Waals surface area contributed by atoms with E-state index in [1.165, 1.54) is 19.2 Å². The number of ether oxygens (including phenoxy) is 2. The normalized spacial score (nSPS) is 11.1. The molecular formula is C21H19BrFNO4S. The van der Waals surface area contributed by atoms with Crippen LogP contribution >= 0.6 is 15.9 Å². The summed E-state index contributed by atoms with van der Waals surface area (Å²) in [5.74, 6) is 0.849. The van der Waals surface area contributed by atoms with Gasteiger partial charge >= 0.3 is 0 Å². The summed E-state index contributed by atoms with van der Waals surface area (Å²) < 4.78 is 51.7. The van der Waals surface area contributed by atoms with E-state index >= 15 is 0 Å². The van der Waals surface area contributed by atoms with Gasteiger partial charge in [-0.25, -0.2) is 12.8 Å². The highest BCUT2D eigenvalue weighted by molar-refractivity contribution is 9.10. The smallest absolute Gasteiger partial charge is 0.264 e. The van der Waals surface area contributed by atoms with Crippen LogP contribution in [-0.4, -0.2) is 28.7 Å². The summed E-state index contributed by atoms with van der Waals surface area (Å²) in [6.07, 6.45) is 0. The van der Waals surface area contributed by atoms with Crippen molar-refractivity contribution in [1.82, 2.24) is 0 Å². The molecule has 0 unspecified atom stereocenters. The predicted octanol–water partition coefficient (Wildman–Crippen LogP) is 4.87. The molecule has 3 rings (SSSR count). The van der Waals surface area contributed by atoms with E-state index < -0.39 is 15.8 Å². The second-order valence-corrected chi connectivity index (χ2v) is 8.96. The van der Waals surface area contributed by atoms with Crippen LogP contribution in [0.25, 0.3) is 0 Å². The van der Waals surface area contributed by atoms with Gasteiger partial charge < -0.3 is 9.47 Å². The lowest BCUT2D eigenvalue weighted by atomic mass is 10.3. The van der Waals surface area contributed by atoms with Crippen molar-refractivity contribution in [2.45, 2.75) is 4.90 Å². The van der Waals surface area contributed by atoms with Gasteiger partial charge in [0.05, 0.1) is 10.6 Å². The molecule has 0 aromatic heterocycles. The molecule has 3 aromatic rings. The quantitative estimate of drug-likeness (QED) is 0.432. The van der Waals surface area contributed by atoms with Crippen molar-refractivity contribution in [3.8, 4) is 11.5 Å². The first-order chi connectivity index (χ1) is 13.9. The molecule has 8 heteroatoms. The summed E-state index contributed by atoms with van der Waals surface area (Å²) in [6.45, 7) is 0.715. The molecule has 0 radical (unpaired) electrons. The highest BCUT2D eigenvalue weighted by atomic mass is 79.9. The molecule has 3 aromatic carbocycles. The van der Waals surface area contributed by atoms with Crippen molar-refractivity contribution in [3.63, 3.8) is 0 Å². The summed E-state index contributed by atoms with van der Waals surface area (Å²) in [4.78, 5) is 0.0198. The van der Waals surface area contributed by atoms with Gasteiger partial charge in [0.25, 0.3) is 10.0 Å². The minimum atomic E-state index is -3.77. The zero-order chi connectivity index (χ0) is 20.9. The van der Waals surface area contributed by atoms with Crippen LogP contribution in [-0.2, 0) is 10.0 Å². The Hall–Kier alpha value is -2.58. The molecule has 152 valence electrons. The molecule has 0 aliphatic carbocycles. The van der Waals surface area contributed by atoms with Gasteiger partial charge in [0.2, 0.25) is 0 Å². The number of hydrogen-bond acceptors (Lipinski definition) is 4. The van der Waals surface area contributed by atoms with Crippen molar-refractivity contribution < 1.29 is 22.3 Å². The average Bonchev–Trinajstić information content (AvgIpc) is 2.71. The summed E-state index contributed by atoms with van der Waals surface area (Å²) >= 11 is 3.38. The lowest BCUT2D eigenvalue weighted by molar-refractivity contribution is 0.217. The topological polar surface area (TPSA) is 55.8 Å². The molecular weight excluding hydrogens is 461 g/mol. The highest BCUT2D eigenvalue weighted by Gasteiger charge is 2.21. The van der Waals surface area contributed by atoms with E-state index in [1.54, 1.807) is 24.3 Å². The number of halogens is 2. The fraction of sp³-hybridized carbons (Fsp3) is 0.143. The number of anilines is 1. The summed E-state index contributed by atoms with van der Waals surface area (Å²) in [5, 5.41) is 0. The van der Waals surface area contributed by atoms with E-state index in [0.717, 1.165) is 26.7 Å². The van der Waals surface area contributed by atoms with Crippen LogP contribution in [0.5, 0.6) is 11.5 Å². The average molecular weight is 480 g/mol. The molecule has 0 aliphatic rings. The Balaban J connectivity index is 1.57. The van der Waals surface area contributed by atoms with Crippen molar-refractivity contribution in [1.29, 1.82) is 0 Å². The maximum Gasteiger partial charge on any atom is 0.264 e. The Morgan fingerprint density at radius 3 is 2.14 bits per heavy atom. The zero-order valence-corrected chi connectivity index (χ0v) is 18.0. The molecule has 0 atom stereocenters. The summed E-state index contributed by atoms with van der Waals surface area (Å²) in [6, 6.07) is 18.9. The molecule has 0 N–H and O–H groups in total. The Kier molecular flexibility index (Phi) is 6.76. The SMILES string of the molecule is CN(c1ccc(OCCOc2cccc(Br)c2)cc1)S(=O)(=O)c1ccc(F)cc1. The van der Waals surface area contributed by atoms with Crippen LogP contribution in [0.2, 0.25) is 0 Å². The van der Waals surface area contributed by atoms with E-state index in [4.69, 9.17) is 9.47 Å². The molecule has 0 fully saturated rings. The third-order valence-electron chi connectivity index (χ3n) is 4.09. The van der Waals surface area contributed by atoms with E-state index in [1.807, 2.05) is 24.3 Å². The van der Waals surface area contributed by atoms with Crippen LogP contribution in [0.3, 0.4) is 0 Å². The Bertz CT molecular complexity index is 1060. The van der Waals surface area contributed by atoms with Crippen molar-refractivity contribution in [2.75, 3.05) is 24.6 Å². The predicted molar refractivity (Wildman–Crippen MR) is 114 cm³/mol. The van der Waals surface area contributed by atoms with Crippen LogP contribution in [0.4, 0.5) is 10.1 Å². The van der Waals surface area contributed by atoms with Gasteiger partial charge in [0.1, 0.15) is 30.5 Å². The molecule has 0 saturated carbocycles. The zero-order valence-electron chi connectivity index (χ0n) is 15.6. The third-order valence-corrected chi connectivity index (χ3v) is 6.38. The van der Waals surface area contributed by atoms with Crippen molar-refractivity contribution in [2.24, 2.45) is 0 Å². The second kappa shape index (κ2) is 9.28. The molecule has 0 aliphatic heterocycles. The van der Waals surface area contributed by atoms with Crippen LogP contribution < -0.4 is 13.8 Å². The van der Waals surface area contributed by atoms with E-state index in [9.17, 15) is 12.8 Å². The Labute approximate surface area is 177 Å². The van der Waals surface area contributed by atoms with E-state index in [2.05, 4.69) is 15.9 Å². The van der Waals surface area contributed by atoms with Gasteiger partial charge in [-0.3, -0.25) is 4.31 Å². The number of benzene rings is 3. The standard InChI is InChI=1S/C21H19BrFNO4S/c1-24(29(25,26)21-11-5-17(23)6-12-21)18-7-9-19(10-8-18)27-13-14-28-20-4-2-3-16(22)15-20/h2-12,15H,13-14H2,1H3. The van der Waals surface area contributed by atoms with Gasteiger partial charge in [-0.05, 0) is 66.7 Å². The van der Waals surface area contributed by atoms with Crippen LogP contribution in [0.15, 0.2) is 82.2 Å². The highest BCUT2D eigenvalue weighted by Crippen LogP contribution is 2.24. The molecule has 0 heterocycles. The first-order valence-electron chi connectivity index (χ1n) is 8.72.